The summed E-state index contributed by atoms with van der Waals surface area (Å²) >= 11 is 0. The van der Waals surface area contributed by atoms with E-state index in [1.54, 1.807) is 0 Å². The van der Waals surface area contributed by atoms with E-state index in [9.17, 15) is 5.11 Å². The number of aliphatic hydroxyl groups excluding tert-OH is 1. The van der Waals surface area contributed by atoms with Gasteiger partial charge in [0.1, 0.15) is 0 Å². The minimum absolute atomic E-state index is 0.232. The largest absolute Gasteiger partial charge is 0.389 e. The third-order valence-electron chi connectivity index (χ3n) is 2.10. The van der Waals surface area contributed by atoms with Crippen LogP contribution in [0.15, 0.2) is 11.6 Å². The fraction of sp³-hybridized carbons (Fsp3) is 0.800. The number of hydrogen-bond acceptors (Lipinski definition) is 1. The minimum atomic E-state index is -0.232. The lowest BCUT2D eigenvalue weighted by Gasteiger charge is -2.10. The Balaban J connectivity index is 3.98. The molecule has 1 heteroatoms. The molecule has 0 aliphatic heterocycles. The molecule has 0 aromatic rings. The normalized spacial score (nSPS) is 18.1. The maximum atomic E-state index is 9.40. The van der Waals surface area contributed by atoms with Gasteiger partial charge in [-0.25, -0.2) is 0 Å². The summed E-state index contributed by atoms with van der Waals surface area (Å²) in [6.45, 7) is 8.33. The minimum Gasteiger partial charge on any atom is -0.389 e. The molecule has 2 atom stereocenters. The van der Waals surface area contributed by atoms with Crippen molar-refractivity contribution < 1.29 is 5.11 Å². The molecule has 0 amide bonds. The summed E-state index contributed by atoms with van der Waals surface area (Å²) in [5.74, 6) is 0.594. The summed E-state index contributed by atoms with van der Waals surface area (Å²) in [6.07, 6.45) is 3.89. The molecule has 0 aromatic heterocycles. The van der Waals surface area contributed by atoms with Crippen LogP contribution in [0.4, 0.5) is 0 Å². The molecule has 2 unspecified atom stereocenters. The molecular weight excluding hydrogens is 136 g/mol. The summed E-state index contributed by atoms with van der Waals surface area (Å²) in [5, 5.41) is 9.40. The van der Waals surface area contributed by atoms with Crippen LogP contribution in [0.25, 0.3) is 0 Å². The molecule has 0 heterocycles. The average molecular weight is 156 g/mol. The van der Waals surface area contributed by atoms with Gasteiger partial charge in [0.05, 0.1) is 6.10 Å². The van der Waals surface area contributed by atoms with E-state index in [2.05, 4.69) is 19.9 Å². The summed E-state index contributed by atoms with van der Waals surface area (Å²) < 4.78 is 0. The van der Waals surface area contributed by atoms with E-state index in [1.165, 1.54) is 0 Å². The molecule has 0 aliphatic carbocycles. The van der Waals surface area contributed by atoms with Gasteiger partial charge in [0.15, 0.2) is 0 Å². The Morgan fingerprint density at radius 1 is 1.36 bits per heavy atom. The molecule has 0 aromatic carbocycles. The average Bonchev–Trinajstić information content (AvgIpc) is 2.02. The van der Waals surface area contributed by atoms with Gasteiger partial charge >= 0.3 is 0 Å². The Bertz CT molecular complexity index is 127. The smallest absolute Gasteiger partial charge is 0.0744 e. The molecule has 1 nitrogen and oxygen atoms in total. The maximum absolute atomic E-state index is 9.40. The predicted molar refractivity (Wildman–Crippen MR) is 49.5 cm³/mol. The van der Waals surface area contributed by atoms with E-state index in [0.717, 1.165) is 18.4 Å². The Morgan fingerprint density at radius 2 is 1.91 bits per heavy atom. The molecule has 11 heavy (non-hydrogen) atoms. The van der Waals surface area contributed by atoms with Gasteiger partial charge in [0.25, 0.3) is 0 Å². The SMILES string of the molecule is CCC(C)/C=C(\C)C(O)CC. The lowest BCUT2D eigenvalue weighted by atomic mass is 10.0. The van der Waals surface area contributed by atoms with Crippen molar-refractivity contribution in [3.8, 4) is 0 Å². The third kappa shape index (κ3) is 4.20. The van der Waals surface area contributed by atoms with E-state index >= 15 is 0 Å². The highest BCUT2D eigenvalue weighted by Crippen LogP contribution is 2.11. The second kappa shape index (κ2) is 5.36. The molecule has 0 radical (unpaired) electrons. The van der Waals surface area contributed by atoms with Crippen LogP contribution in [0.3, 0.4) is 0 Å². The molecule has 0 saturated carbocycles. The molecule has 1 N–H and O–H groups in total. The van der Waals surface area contributed by atoms with E-state index in [0.29, 0.717) is 5.92 Å². The topological polar surface area (TPSA) is 20.2 Å². The van der Waals surface area contributed by atoms with Crippen LogP contribution in [-0.4, -0.2) is 11.2 Å². The van der Waals surface area contributed by atoms with Gasteiger partial charge < -0.3 is 5.11 Å². The van der Waals surface area contributed by atoms with Crippen molar-refractivity contribution in [2.75, 3.05) is 0 Å². The van der Waals surface area contributed by atoms with Crippen LogP contribution in [0.5, 0.6) is 0 Å². The molecule has 0 spiro atoms. The molecular formula is C10H20O. The number of allylic oxidation sites excluding steroid dienone is 1. The molecule has 0 fully saturated rings. The first kappa shape index (κ1) is 10.7. The number of hydrogen-bond donors (Lipinski definition) is 1. The van der Waals surface area contributed by atoms with Crippen molar-refractivity contribution >= 4 is 0 Å². The quantitative estimate of drug-likeness (QED) is 0.620. The van der Waals surface area contributed by atoms with Gasteiger partial charge in [-0.3, -0.25) is 0 Å². The monoisotopic (exact) mass is 156 g/mol. The Kier molecular flexibility index (Phi) is 5.22. The summed E-state index contributed by atoms with van der Waals surface area (Å²) in [6, 6.07) is 0. The first-order valence-corrected chi connectivity index (χ1v) is 4.48. The molecule has 0 aliphatic rings. The predicted octanol–water partition coefficient (Wildman–Crippen LogP) is 2.75. The molecule has 0 rings (SSSR count). The van der Waals surface area contributed by atoms with Crippen molar-refractivity contribution in [2.24, 2.45) is 5.92 Å². The zero-order valence-electron chi connectivity index (χ0n) is 8.09. The second-order valence-corrected chi connectivity index (χ2v) is 3.22. The van der Waals surface area contributed by atoms with Crippen LogP contribution in [0.1, 0.15) is 40.5 Å². The van der Waals surface area contributed by atoms with Crippen molar-refractivity contribution in [3.63, 3.8) is 0 Å². The molecule has 0 bridgehead atoms. The Labute approximate surface area is 70.1 Å². The van der Waals surface area contributed by atoms with Crippen molar-refractivity contribution in [2.45, 2.75) is 46.6 Å². The first-order chi connectivity index (χ1) is 5.11. The van der Waals surface area contributed by atoms with Crippen LogP contribution < -0.4 is 0 Å². The first-order valence-electron chi connectivity index (χ1n) is 4.48. The summed E-state index contributed by atoms with van der Waals surface area (Å²) in [4.78, 5) is 0. The second-order valence-electron chi connectivity index (χ2n) is 3.22. The molecule has 66 valence electrons. The standard InChI is InChI=1S/C10H20O/c1-5-8(3)7-9(4)10(11)6-2/h7-8,10-11H,5-6H2,1-4H3/b9-7+. The van der Waals surface area contributed by atoms with Crippen LogP contribution in [0.2, 0.25) is 0 Å². The van der Waals surface area contributed by atoms with Gasteiger partial charge in [-0.2, -0.15) is 0 Å². The van der Waals surface area contributed by atoms with Crippen LogP contribution in [-0.2, 0) is 0 Å². The third-order valence-corrected chi connectivity index (χ3v) is 2.10. The van der Waals surface area contributed by atoms with E-state index in [1.807, 2.05) is 13.8 Å². The van der Waals surface area contributed by atoms with Gasteiger partial charge in [-0.15, -0.1) is 0 Å². The Morgan fingerprint density at radius 3 is 2.27 bits per heavy atom. The zero-order valence-corrected chi connectivity index (χ0v) is 8.09. The lowest BCUT2D eigenvalue weighted by Crippen LogP contribution is -2.06. The number of rotatable bonds is 4. The Hall–Kier alpha value is -0.300. The maximum Gasteiger partial charge on any atom is 0.0744 e. The highest BCUT2D eigenvalue weighted by molar-refractivity contribution is 5.05. The highest BCUT2D eigenvalue weighted by Gasteiger charge is 2.03. The van der Waals surface area contributed by atoms with Gasteiger partial charge in [0, 0.05) is 0 Å². The van der Waals surface area contributed by atoms with Crippen molar-refractivity contribution in [3.05, 3.63) is 11.6 Å². The van der Waals surface area contributed by atoms with Gasteiger partial charge in [0.2, 0.25) is 0 Å². The summed E-state index contributed by atoms with van der Waals surface area (Å²) in [7, 11) is 0. The fourth-order valence-electron chi connectivity index (χ4n) is 1.000. The van der Waals surface area contributed by atoms with Crippen LogP contribution >= 0.6 is 0 Å². The zero-order chi connectivity index (χ0) is 8.85. The van der Waals surface area contributed by atoms with E-state index in [4.69, 9.17) is 0 Å². The lowest BCUT2D eigenvalue weighted by molar-refractivity contribution is 0.205. The van der Waals surface area contributed by atoms with E-state index < -0.39 is 0 Å². The van der Waals surface area contributed by atoms with Crippen LogP contribution in [0, 0.1) is 5.92 Å². The summed E-state index contributed by atoms with van der Waals surface area (Å²) in [5.41, 5.74) is 1.11. The number of aliphatic hydroxyl groups is 1. The molecule has 0 saturated heterocycles. The van der Waals surface area contributed by atoms with Crippen molar-refractivity contribution in [1.29, 1.82) is 0 Å². The van der Waals surface area contributed by atoms with Gasteiger partial charge in [-0.05, 0) is 24.8 Å². The van der Waals surface area contributed by atoms with Gasteiger partial charge in [-0.1, -0.05) is 33.3 Å². The van der Waals surface area contributed by atoms with Crippen molar-refractivity contribution in [1.82, 2.24) is 0 Å². The van der Waals surface area contributed by atoms with E-state index in [-0.39, 0.29) is 6.10 Å². The fourth-order valence-corrected chi connectivity index (χ4v) is 1.000. The highest BCUT2D eigenvalue weighted by atomic mass is 16.3.